The molecular formula is C13H10FNO5S. The molecular weight excluding hydrogens is 301 g/mol. The number of hydrogen-bond donors (Lipinski definition) is 1. The van der Waals surface area contributed by atoms with E-state index in [1.54, 1.807) is 6.92 Å². The lowest BCUT2D eigenvalue weighted by Crippen LogP contribution is -2.00. The Morgan fingerprint density at radius 2 is 2.19 bits per heavy atom. The van der Waals surface area contributed by atoms with Gasteiger partial charge >= 0.3 is 11.7 Å². The fourth-order valence-electron chi connectivity index (χ4n) is 1.68. The van der Waals surface area contributed by atoms with Crippen molar-refractivity contribution in [1.29, 1.82) is 0 Å². The van der Waals surface area contributed by atoms with Gasteiger partial charge in [-0.05, 0) is 25.1 Å². The van der Waals surface area contributed by atoms with Crippen molar-refractivity contribution < 1.29 is 24.0 Å². The summed E-state index contributed by atoms with van der Waals surface area (Å²) in [6.07, 6.45) is 0. The summed E-state index contributed by atoms with van der Waals surface area (Å²) < 4.78 is 18.3. The Bertz CT molecular complexity index is 713. The number of carbonyl (C=O) groups is 1. The van der Waals surface area contributed by atoms with Gasteiger partial charge in [0.2, 0.25) is 0 Å². The Balaban J connectivity index is 2.20. The van der Waals surface area contributed by atoms with Crippen molar-refractivity contribution in [1.82, 2.24) is 0 Å². The van der Waals surface area contributed by atoms with E-state index in [0.717, 1.165) is 28.3 Å². The van der Waals surface area contributed by atoms with Gasteiger partial charge in [0.1, 0.15) is 17.3 Å². The Kier molecular flexibility index (Phi) is 4.18. The largest absolute Gasteiger partial charge is 0.482 e. The van der Waals surface area contributed by atoms with Gasteiger partial charge in [-0.25, -0.2) is 9.18 Å². The number of aromatic carboxylic acids is 1. The molecule has 1 N–H and O–H groups in total. The average molecular weight is 311 g/mol. The van der Waals surface area contributed by atoms with Crippen LogP contribution in [0, 0.1) is 22.9 Å². The summed E-state index contributed by atoms with van der Waals surface area (Å²) in [6, 6.07) is 4.47. The molecule has 0 aliphatic carbocycles. The number of aryl methyl sites for hydroxylation is 1. The number of benzene rings is 1. The Hall–Kier alpha value is -2.48. The lowest BCUT2D eigenvalue weighted by molar-refractivity contribution is -0.386. The van der Waals surface area contributed by atoms with Gasteiger partial charge in [0.15, 0.2) is 5.75 Å². The van der Waals surface area contributed by atoms with Crippen LogP contribution in [0.1, 0.15) is 20.1 Å². The number of carboxylic acids is 1. The Morgan fingerprint density at radius 3 is 2.76 bits per heavy atom. The van der Waals surface area contributed by atoms with Gasteiger partial charge < -0.3 is 9.84 Å². The first-order valence-corrected chi connectivity index (χ1v) is 6.59. The highest BCUT2D eigenvalue weighted by atomic mass is 32.1. The highest BCUT2D eigenvalue weighted by Crippen LogP contribution is 2.29. The second-order valence-corrected chi connectivity index (χ2v) is 5.41. The molecule has 0 spiro atoms. The zero-order valence-corrected chi connectivity index (χ0v) is 11.6. The van der Waals surface area contributed by atoms with E-state index in [0.29, 0.717) is 5.56 Å². The smallest absolute Gasteiger partial charge is 0.345 e. The molecule has 2 rings (SSSR count). The zero-order valence-electron chi connectivity index (χ0n) is 10.8. The molecule has 0 atom stereocenters. The monoisotopic (exact) mass is 311 g/mol. The maximum atomic E-state index is 13.0. The summed E-state index contributed by atoms with van der Waals surface area (Å²) in [5, 5.41) is 19.7. The van der Waals surface area contributed by atoms with Gasteiger partial charge in [-0.2, -0.15) is 0 Å². The minimum Gasteiger partial charge on any atom is -0.482 e. The molecule has 21 heavy (non-hydrogen) atoms. The molecule has 1 aromatic heterocycles. The molecule has 8 heteroatoms. The molecule has 0 saturated heterocycles. The van der Waals surface area contributed by atoms with E-state index in [4.69, 9.17) is 9.84 Å². The van der Waals surface area contributed by atoms with Crippen molar-refractivity contribution in [3.05, 3.63) is 55.5 Å². The number of hydrogen-bond acceptors (Lipinski definition) is 5. The number of nitrogens with zero attached hydrogens (tertiary/aromatic N) is 1. The molecule has 0 radical (unpaired) electrons. The predicted octanol–water partition coefficient (Wildman–Crippen LogP) is 3.38. The molecule has 1 heterocycles. The third-order valence-electron chi connectivity index (χ3n) is 2.73. The van der Waals surface area contributed by atoms with Crippen LogP contribution in [0.5, 0.6) is 5.75 Å². The fraction of sp³-hybridized carbons (Fsp3) is 0.154. The number of thiophene rings is 1. The molecule has 0 aliphatic rings. The van der Waals surface area contributed by atoms with Crippen LogP contribution in [-0.4, -0.2) is 16.0 Å². The molecule has 0 unspecified atom stereocenters. The molecule has 1 aromatic carbocycles. The van der Waals surface area contributed by atoms with Crippen molar-refractivity contribution in [3.63, 3.8) is 0 Å². The molecule has 0 aliphatic heterocycles. The van der Waals surface area contributed by atoms with Gasteiger partial charge in [-0.3, -0.25) is 10.1 Å². The number of nitro groups is 1. The predicted molar refractivity (Wildman–Crippen MR) is 73.4 cm³/mol. The normalized spacial score (nSPS) is 10.4. The van der Waals surface area contributed by atoms with E-state index < -0.39 is 22.4 Å². The van der Waals surface area contributed by atoms with Gasteiger partial charge in [0, 0.05) is 10.4 Å². The first-order valence-electron chi connectivity index (χ1n) is 5.78. The number of ether oxygens (including phenoxy) is 1. The standard InChI is InChI=1S/C13H10FNO5S/c1-7-8(4-12(21-7)13(16)17)6-20-11-3-2-9(14)5-10(11)15(18)19/h2-5H,6H2,1H3,(H,16,17). The van der Waals surface area contributed by atoms with Crippen molar-refractivity contribution in [2.24, 2.45) is 0 Å². The molecule has 2 aromatic rings. The second-order valence-electron chi connectivity index (χ2n) is 4.16. The lowest BCUT2D eigenvalue weighted by atomic mass is 10.2. The number of halogens is 1. The number of nitro benzene ring substituents is 1. The van der Waals surface area contributed by atoms with Crippen LogP contribution >= 0.6 is 11.3 Å². The lowest BCUT2D eigenvalue weighted by Gasteiger charge is -2.06. The van der Waals surface area contributed by atoms with E-state index in [9.17, 15) is 19.3 Å². The summed E-state index contributed by atoms with van der Waals surface area (Å²) in [5.74, 6) is -1.83. The summed E-state index contributed by atoms with van der Waals surface area (Å²) in [4.78, 5) is 21.9. The van der Waals surface area contributed by atoms with Crippen LogP contribution in [0.3, 0.4) is 0 Å². The SMILES string of the molecule is Cc1sc(C(=O)O)cc1COc1ccc(F)cc1[N+](=O)[O-]. The van der Waals surface area contributed by atoms with Crippen LogP contribution in [-0.2, 0) is 6.61 Å². The third-order valence-corrected chi connectivity index (χ3v) is 3.81. The minimum absolute atomic E-state index is 0.0257. The van der Waals surface area contributed by atoms with E-state index in [-0.39, 0.29) is 17.2 Å². The number of carboxylic acid groups (broad SMARTS) is 1. The molecule has 6 nitrogen and oxygen atoms in total. The van der Waals surface area contributed by atoms with Crippen molar-refractivity contribution in [2.45, 2.75) is 13.5 Å². The highest BCUT2D eigenvalue weighted by molar-refractivity contribution is 7.14. The highest BCUT2D eigenvalue weighted by Gasteiger charge is 2.17. The first-order chi connectivity index (χ1) is 9.88. The van der Waals surface area contributed by atoms with Crippen LogP contribution < -0.4 is 4.74 Å². The molecule has 0 amide bonds. The zero-order chi connectivity index (χ0) is 15.6. The summed E-state index contributed by atoms with van der Waals surface area (Å²) >= 11 is 1.10. The maximum absolute atomic E-state index is 13.0. The average Bonchev–Trinajstić information content (AvgIpc) is 2.79. The number of rotatable bonds is 5. The van der Waals surface area contributed by atoms with E-state index >= 15 is 0 Å². The van der Waals surface area contributed by atoms with E-state index in [2.05, 4.69) is 0 Å². The van der Waals surface area contributed by atoms with Crippen molar-refractivity contribution >= 4 is 23.0 Å². The Morgan fingerprint density at radius 1 is 1.48 bits per heavy atom. The summed E-state index contributed by atoms with van der Waals surface area (Å²) in [5.41, 5.74) is 0.150. The minimum atomic E-state index is -1.04. The van der Waals surface area contributed by atoms with Gasteiger partial charge in [0.05, 0.1) is 11.0 Å². The van der Waals surface area contributed by atoms with Gasteiger partial charge in [-0.1, -0.05) is 0 Å². The van der Waals surface area contributed by atoms with Crippen LogP contribution in [0.25, 0.3) is 0 Å². The van der Waals surface area contributed by atoms with Gasteiger partial charge in [-0.15, -0.1) is 11.3 Å². The molecule has 0 fully saturated rings. The summed E-state index contributed by atoms with van der Waals surface area (Å²) in [7, 11) is 0. The van der Waals surface area contributed by atoms with E-state index in [1.165, 1.54) is 12.1 Å². The van der Waals surface area contributed by atoms with Crippen molar-refractivity contribution in [3.8, 4) is 5.75 Å². The first kappa shape index (κ1) is 14.9. The van der Waals surface area contributed by atoms with Crippen molar-refractivity contribution in [2.75, 3.05) is 0 Å². The second kappa shape index (κ2) is 5.88. The maximum Gasteiger partial charge on any atom is 0.345 e. The topological polar surface area (TPSA) is 89.7 Å². The molecule has 0 saturated carbocycles. The van der Waals surface area contributed by atoms with Crippen LogP contribution in [0.15, 0.2) is 24.3 Å². The van der Waals surface area contributed by atoms with Crippen LogP contribution in [0.2, 0.25) is 0 Å². The quantitative estimate of drug-likeness (QED) is 0.675. The third kappa shape index (κ3) is 3.34. The van der Waals surface area contributed by atoms with E-state index in [1.807, 2.05) is 0 Å². The molecule has 110 valence electrons. The molecule has 0 bridgehead atoms. The van der Waals surface area contributed by atoms with Crippen LogP contribution in [0.4, 0.5) is 10.1 Å². The fourth-order valence-corrected chi connectivity index (χ4v) is 2.55. The summed E-state index contributed by atoms with van der Waals surface area (Å²) in [6.45, 7) is 1.71. The van der Waals surface area contributed by atoms with Gasteiger partial charge in [0.25, 0.3) is 0 Å². The Labute approximate surface area is 122 Å².